The van der Waals surface area contributed by atoms with Gasteiger partial charge in [-0.25, -0.2) is 4.79 Å². The van der Waals surface area contributed by atoms with Gasteiger partial charge in [0.2, 0.25) is 0 Å². The third-order valence-electron chi connectivity index (χ3n) is 6.15. The molecule has 1 spiro atoms. The minimum absolute atomic E-state index is 0.00644. The van der Waals surface area contributed by atoms with Crippen LogP contribution in [0.2, 0.25) is 0 Å². The van der Waals surface area contributed by atoms with E-state index in [2.05, 4.69) is 29.6 Å². The zero-order valence-corrected chi connectivity index (χ0v) is 15.5. The summed E-state index contributed by atoms with van der Waals surface area (Å²) in [5.41, 5.74) is 5.02. The monoisotopic (exact) mass is 364 g/mol. The molecule has 1 N–H and O–H groups in total. The molecule has 2 amide bonds. The van der Waals surface area contributed by atoms with Crippen LogP contribution < -0.4 is 10.1 Å². The fourth-order valence-electron chi connectivity index (χ4n) is 4.49. The number of hydrogen-bond acceptors (Lipinski definition) is 3. The number of benzene rings is 2. The molecule has 2 aliphatic heterocycles. The molecule has 0 bridgehead atoms. The van der Waals surface area contributed by atoms with Crippen molar-refractivity contribution < 1.29 is 14.3 Å². The van der Waals surface area contributed by atoms with Crippen molar-refractivity contribution in [2.75, 3.05) is 20.3 Å². The van der Waals surface area contributed by atoms with Crippen LogP contribution in [0, 0.1) is 0 Å². The molecule has 5 nitrogen and oxygen atoms in total. The van der Waals surface area contributed by atoms with Gasteiger partial charge in [0.15, 0.2) is 0 Å². The molecule has 2 aromatic rings. The summed E-state index contributed by atoms with van der Waals surface area (Å²) in [4.78, 5) is 15.0. The summed E-state index contributed by atoms with van der Waals surface area (Å²) in [5, 5.41) is 3.20. The van der Waals surface area contributed by atoms with Crippen LogP contribution in [0.3, 0.4) is 0 Å². The van der Waals surface area contributed by atoms with E-state index in [1.54, 1.807) is 7.11 Å². The van der Waals surface area contributed by atoms with Crippen LogP contribution in [0.5, 0.6) is 5.75 Å². The van der Waals surface area contributed by atoms with Crippen molar-refractivity contribution in [2.45, 2.75) is 37.5 Å². The Bertz CT molecular complexity index is 891. The number of urea groups is 1. The quantitative estimate of drug-likeness (QED) is 0.887. The minimum atomic E-state index is -0.0881. The standard InChI is InChI=1S/C22H24N2O3/c1-26-17-7-6-15-11-24(14-22(8-9-22)19(15)10-17)21(25)23-20-13-27-12-16-4-2-3-5-18(16)20/h2-7,10,20H,8-9,11-14H2,1H3,(H,23,25). The molecule has 1 atom stereocenters. The van der Waals surface area contributed by atoms with Crippen molar-refractivity contribution in [1.29, 1.82) is 0 Å². The summed E-state index contributed by atoms with van der Waals surface area (Å²) in [5.74, 6) is 0.897. The molecule has 140 valence electrons. The Morgan fingerprint density at radius 1 is 1.22 bits per heavy atom. The van der Waals surface area contributed by atoms with Gasteiger partial charge >= 0.3 is 6.03 Å². The van der Waals surface area contributed by atoms with E-state index in [4.69, 9.17) is 9.47 Å². The lowest BCUT2D eigenvalue weighted by molar-refractivity contribution is 0.0810. The number of hydrogen-bond donors (Lipinski definition) is 1. The third-order valence-corrected chi connectivity index (χ3v) is 6.15. The lowest BCUT2D eigenvalue weighted by Gasteiger charge is -2.37. The number of carbonyl (C=O) groups excluding carboxylic acids is 1. The minimum Gasteiger partial charge on any atom is -0.497 e. The number of nitrogens with zero attached hydrogens (tertiary/aromatic N) is 1. The van der Waals surface area contributed by atoms with Crippen molar-refractivity contribution in [3.63, 3.8) is 0 Å². The number of fused-ring (bicyclic) bond motifs is 3. The zero-order valence-electron chi connectivity index (χ0n) is 15.5. The molecule has 27 heavy (non-hydrogen) atoms. The molecule has 3 aliphatic rings. The second-order valence-corrected chi connectivity index (χ2v) is 7.88. The Morgan fingerprint density at radius 3 is 2.89 bits per heavy atom. The van der Waals surface area contributed by atoms with E-state index >= 15 is 0 Å². The third kappa shape index (κ3) is 2.86. The number of amides is 2. The van der Waals surface area contributed by atoms with E-state index < -0.39 is 0 Å². The highest BCUT2D eigenvalue weighted by Crippen LogP contribution is 2.53. The highest BCUT2D eigenvalue weighted by Gasteiger charge is 2.50. The fraction of sp³-hybridized carbons (Fsp3) is 0.409. The SMILES string of the molecule is COc1ccc2c(c1)C1(CC1)CN(C(=O)NC1COCc3ccccc31)C2. The molecule has 0 radical (unpaired) electrons. The summed E-state index contributed by atoms with van der Waals surface area (Å²) in [6.45, 7) is 2.55. The Balaban J connectivity index is 1.36. The van der Waals surface area contributed by atoms with Gasteiger partial charge in [-0.05, 0) is 47.2 Å². The van der Waals surface area contributed by atoms with Crippen LogP contribution >= 0.6 is 0 Å². The van der Waals surface area contributed by atoms with Crippen molar-refractivity contribution in [3.8, 4) is 5.75 Å². The molecule has 1 saturated carbocycles. The molecular formula is C22H24N2O3. The Labute approximate surface area is 159 Å². The second-order valence-electron chi connectivity index (χ2n) is 7.88. The highest BCUT2D eigenvalue weighted by molar-refractivity contribution is 5.76. The molecule has 2 aromatic carbocycles. The van der Waals surface area contributed by atoms with Crippen molar-refractivity contribution in [1.82, 2.24) is 10.2 Å². The van der Waals surface area contributed by atoms with Crippen LogP contribution in [0.15, 0.2) is 42.5 Å². The first-order chi connectivity index (χ1) is 13.2. The average Bonchev–Trinajstić information content (AvgIpc) is 3.48. The van der Waals surface area contributed by atoms with Crippen LogP contribution in [0.4, 0.5) is 4.79 Å². The van der Waals surface area contributed by atoms with Crippen molar-refractivity contribution in [3.05, 3.63) is 64.7 Å². The summed E-state index contributed by atoms with van der Waals surface area (Å²) in [6, 6.07) is 14.3. The van der Waals surface area contributed by atoms with Gasteiger partial charge in [-0.2, -0.15) is 0 Å². The number of methoxy groups -OCH3 is 1. The normalized spacial score (nSPS) is 22.0. The average molecular weight is 364 g/mol. The van der Waals surface area contributed by atoms with Crippen LogP contribution in [-0.2, 0) is 23.3 Å². The van der Waals surface area contributed by atoms with E-state index in [1.807, 2.05) is 23.1 Å². The number of carbonyl (C=O) groups is 1. The van der Waals surface area contributed by atoms with Crippen LogP contribution in [0.1, 0.15) is 41.1 Å². The van der Waals surface area contributed by atoms with Gasteiger partial charge in [0.25, 0.3) is 0 Å². The van der Waals surface area contributed by atoms with E-state index in [1.165, 1.54) is 16.7 Å². The lowest BCUT2D eigenvalue weighted by atomic mass is 9.87. The number of nitrogens with one attached hydrogen (secondary N) is 1. The molecule has 0 aromatic heterocycles. The molecule has 0 saturated heterocycles. The molecule has 1 fully saturated rings. The van der Waals surface area contributed by atoms with E-state index in [9.17, 15) is 4.79 Å². The van der Waals surface area contributed by atoms with E-state index in [-0.39, 0.29) is 17.5 Å². The van der Waals surface area contributed by atoms with Gasteiger partial charge in [-0.15, -0.1) is 0 Å². The van der Waals surface area contributed by atoms with Gasteiger partial charge < -0.3 is 19.7 Å². The van der Waals surface area contributed by atoms with Gasteiger partial charge in [-0.1, -0.05) is 30.3 Å². The smallest absolute Gasteiger partial charge is 0.318 e. The summed E-state index contributed by atoms with van der Waals surface area (Å²) >= 11 is 0. The molecular weight excluding hydrogens is 340 g/mol. The predicted octanol–water partition coefficient (Wildman–Crippen LogP) is 3.52. The Hall–Kier alpha value is -2.53. The van der Waals surface area contributed by atoms with Crippen LogP contribution in [0.25, 0.3) is 0 Å². The molecule has 5 rings (SSSR count). The maximum absolute atomic E-state index is 13.1. The fourth-order valence-corrected chi connectivity index (χ4v) is 4.49. The molecule has 5 heteroatoms. The number of ether oxygens (including phenoxy) is 2. The zero-order chi connectivity index (χ0) is 18.4. The topological polar surface area (TPSA) is 50.8 Å². The summed E-state index contributed by atoms with van der Waals surface area (Å²) in [7, 11) is 1.70. The van der Waals surface area contributed by atoms with Gasteiger partial charge in [0.1, 0.15) is 5.75 Å². The second kappa shape index (κ2) is 6.27. The molecule has 1 unspecified atom stereocenters. The maximum Gasteiger partial charge on any atom is 0.318 e. The first-order valence-corrected chi connectivity index (χ1v) is 9.57. The summed E-state index contributed by atoms with van der Waals surface area (Å²) < 4.78 is 11.1. The maximum atomic E-state index is 13.1. The molecule has 1 aliphatic carbocycles. The summed E-state index contributed by atoms with van der Waals surface area (Å²) in [6.07, 6.45) is 2.26. The Morgan fingerprint density at radius 2 is 2.07 bits per heavy atom. The van der Waals surface area contributed by atoms with E-state index in [0.717, 1.165) is 30.7 Å². The lowest BCUT2D eigenvalue weighted by Crippen LogP contribution is -2.48. The Kier molecular flexibility index (Phi) is 3.86. The van der Waals surface area contributed by atoms with E-state index in [0.29, 0.717) is 19.8 Å². The van der Waals surface area contributed by atoms with Gasteiger partial charge in [-0.3, -0.25) is 0 Å². The predicted molar refractivity (Wildman–Crippen MR) is 102 cm³/mol. The van der Waals surface area contributed by atoms with Crippen molar-refractivity contribution in [2.24, 2.45) is 0 Å². The molecule has 2 heterocycles. The van der Waals surface area contributed by atoms with Gasteiger partial charge in [0.05, 0.1) is 26.4 Å². The highest BCUT2D eigenvalue weighted by atomic mass is 16.5. The number of rotatable bonds is 2. The van der Waals surface area contributed by atoms with Crippen molar-refractivity contribution >= 4 is 6.03 Å². The first kappa shape index (κ1) is 16.6. The van der Waals surface area contributed by atoms with Gasteiger partial charge in [0, 0.05) is 18.5 Å². The van der Waals surface area contributed by atoms with Crippen LogP contribution in [-0.4, -0.2) is 31.2 Å². The largest absolute Gasteiger partial charge is 0.497 e. The first-order valence-electron chi connectivity index (χ1n) is 9.57.